The summed E-state index contributed by atoms with van der Waals surface area (Å²) in [7, 11) is 4.77. The number of nitrogens with zero attached hydrogens (tertiary/aromatic N) is 1. The standard InChI is InChI=1S/C26H33NO5/c1-30-21-16-19(17-22(31-2)25(21)32-3)24-20-11-7-8-12-26(20,29)13-14-27(24)23(28)15-18-9-5-4-6-10-18/h4-6,9-10,16-17,20,24,29H,7-8,11-15H2,1-3H3. The van der Waals surface area contributed by atoms with Gasteiger partial charge in [-0.25, -0.2) is 0 Å². The molecule has 0 aromatic heterocycles. The van der Waals surface area contributed by atoms with E-state index < -0.39 is 5.60 Å². The Morgan fingerprint density at radius 2 is 1.72 bits per heavy atom. The van der Waals surface area contributed by atoms with Crippen LogP contribution in [0.25, 0.3) is 0 Å². The normalized spacial score (nSPS) is 25.1. The van der Waals surface area contributed by atoms with Gasteiger partial charge in [-0.05, 0) is 42.5 Å². The molecule has 1 aliphatic carbocycles. The van der Waals surface area contributed by atoms with E-state index in [-0.39, 0.29) is 17.9 Å². The second-order valence-electron chi connectivity index (χ2n) is 8.86. The van der Waals surface area contributed by atoms with Crippen molar-refractivity contribution < 1.29 is 24.1 Å². The van der Waals surface area contributed by atoms with Crippen LogP contribution in [-0.4, -0.2) is 49.4 Å². The molecular formula is C26H33NO5. The van der Waals surface area contributed by atoms with Crippen molar-refractivity contribution in [2.24, 2.45) is 5.92 Å². The molecule has 0 bridgehead atoms. The molecule has 0 spiro atoms. The number of carbonyl (C=O) groups excluding carboxylic acids is 1. The molecule has 6 heteroatoms. The first-order valence-electron chi connectivity index (χ1n) is 11.4. The summed E-state index contributed by atoms with van der Waals surface area (Å²) in [5.74, 6) is 1.68. The summed E-state index contributed by atoms with van der Waals surface area (Å²) >= 11 is 0. The molecule has 32 heavy (non-hydrogen) atoms. The summed E-state index contributed by atoms with van der Waals surface area (Å²) in [6.07, 6.45) is 4.68. The molecule has 1 aliphatic heterocycles. The van der Waals surface area contributed by atoms with Crippen LogP contribution in [0.5, 0.6) is 17.2 Å². The van der Waals surface area contributed by atoms with Gasteiger partial charge < -0.3 is 24.2 Å². The molecule has 3 unspecified atom stereocenters. The molecule has 2 fully saturated rings. The van der Waals surface area contributed by atoms with Gasteiger partial charge in [0.1, 0.15) is 0 Å². The molecule has 1 N–H and O–H groups in total. The smallest absolute Gasteiger partial charge is 0.227 e. The van der Waals surface area contributed by atoms with Gasteiger partial charge in [0.25, 0.3) is 0 Å². The van der Waals surface area contributed by atoms with E-state index in [1.165, 1.54) is 0 Å². The van der Waals surface area contributed by atoms with Crippen LogP contribution >= 0.6 is 0 Å². The fraction of sp³-hybridized carbons (Fsp3) is 0.500. The number of hydrogen-bond acceptors (Lipinski definition) is 5. The van der Waals surface area contributed by atoms with Gasteiger partial charge in [0, 0.05) is 12.5 Å². The maximum Gasteiger partial charge on any atom is 0.227 e. The van der Waals surface area contributed by atoms with Crippen LogP contribution in [0.3, 0.4) is 0 Å². The lowest BCUT2D eigenvalue weighted by Gasteiger charge is -2.52. The summed E-state index contributed by atoms with van der Waals surface area (Å²) in [6, 6.07) is 13.4. The number of likely N-dealkylation sites (tertiary alicyclic amines) is 1. The lowest BCUT2D eigenvalue weighted by molar-refractivity contribution is -0.154. The first-order valence-corrected chi connectivity index (χ1v) is 11.4. The largest absolute Gasteiger partial charge is 0.493 e. The van der Waals surface area contributed by atoms with E-state index >= 15 is 0 Å². The summed E-state index contributed by atoms with van der Waals surface area (Å²) in [5.41, 5.74) is 1.14. The first kappa shape index (κ1) is 22.5. The number of benzene rings is 2. The third-order valence-electron chi connectivity index (χ3n) is 7.11. The average Bonchev–Trinajstić information content (AvgIpc) is 2.82. The highest BCUT2D eigenvalue weighted by atomic mass is 16.5. The summed E-state index contributed by atoms with van der Waals surface area (Å²) in [5, 5.41) is 11.5. The Labute approximate surface area is 190 Å². The molecule has 0 radical (unpaired) electrons. The monoisotopic (exact) mass is 439 g/mol. The Morgan fingerprint density at radius 3 is 2.34 bits per heavy atom. The van der Waals surface area contributed by atoms with E-state index in [0.29, 0.717) is 36.6 Å². The minimum absolute atomic E-state index is 0.0347. The topological polar surface area (TPSA) is 68.2 Å². The van der Waals surface area contributed by atoms with E-state index in [1.807, 2.05) is 47.4 Å². The van der Waals surface area contributed by atoms with Crippen molar-refractivity contribution in [3.8, 4) is 17.2 Å². The zero-order chi connectivity index (χ0) is 22.7. The van der Waals surface area contributed by atoms with Crippen LogP contribution in [-0.2, 0) is 11.2 Å². The highest BCUT2D eigenvalue weighted by Crippen LogP contribution is 2.51. The van der Waals surface area contributed by atoms with Crippen LogP contribution in [0.15, 0.2) is 42.5 Å². The van der Waals surface area contributed by atoms with Crippen molar-refractivity contribution in [3.05, 3.63) is 53.6 Å². The lowest BCUT2D eigenvalue weighted by Crippen LogP contribution is -2.56. The third-order valence-corrected chi connectivity index (χ3v) is 7.11. The zero-order valence-electron chi connectivity index (χ0n) is 19.2. The van der Waals surface area contributed by atoms with E-state index in [4.69, 9.17) is 14.2 Å². The summed E-state index contributed by atoms with van der Waals surface area (Å²) in [6.45, 7) is 0.528. The molecule has 2 aromatic rings. The van der Waals surface area contributed by atoms with Gasteiger partial charge in [-0.15, -0.1) is 0 Å². The number of fused-ring (bicyclic) bond motifs is 1. The quantitative estimate of drug-likeness (QED) is 0.732. The molecular weight excluding hydrogens is 406 g/mol. The van der Waals surface area contributed by atoms with Crippen LogP contribution in [0, 0.1) is 5.92 Å². The second kappa shape index (κ2) is 9.41. The first-order chi connectivity index (χ1) is 15.5. The molecule has 6 nitrogen and oxygen atoms in total. The molecule has 1 saturated heterocycles. The van der Waals surface area contributed by atoms with Crippen molar-refractivity contribution in [1.82, 2.24) is 4.90 Å². The van der Waals surface area contributed by atoms with Crippen molar-refractivity contribution in [1.29, 1.82) is 0 Å². The van der Waals surface area contributed by atoms with Gasteiger partial charge in [-0.1, -0.05) is 43.2 Å². The molecule has 2 aromatic carbocycles. The summed E-state index contributed by atoms with van der Waals surface area (Å²) in [4.78, 5) is 15.5. The second-order valence-corrected chi connectivity index (χ2v) is 8.86. The Bertz CT molecular complexity index is 921. The third kappa shape index (κ3) is 4.16. The highest BCUT2D eigenvalue weighted by molar-refractivity contribution is 5.79. The molecule has 4 rings (SSSR count). The van der Waals surface area contributed by atoms with E-state index in [0.717, 1.165) is 36.8 Å². The number of piperidine rings is 1. The molecule has 2 aliphatic rings. The van der Waals surface area contributed by atoms with Crippen molar-refractivity contribution >= 4 is 5.91 Å². The maximum absolute atomic E-state index is 13.5. The molecule has 1 heterocycles. The van der Waals surface area contributed by atoms with Crippen LogP contribution in [0.4, 0.5) is 0 Å². The van der Waals surface area contributed by atoms with Crippen LogP contribution < -0.4 is 14.2 Å². The maximum atomic E-state index is 13.5. The van der Waals surface area contributed by atoms with Gasteiger partial charge in [0.05, 0.1) is 39.4 Å². The molecule has 1 saturated carbocycles. The number of amides is 1. The molecule has 1 amide bonds. The van der Waals surface area contributed by atoms with E-state index in [1.54, 1.807) is 21.3 Å². The van der Waals surface area contributed by atoms with Crippen LogP contribution in [0.2, 0.25) is 0 Å². The Hall–Kier alpha value is -2.73. The number of carbonyl (C=O) groups is 1. The Morgan fingerprint density at radius 1 is 1.03 bits per heavy atom. The van der Waals surface area contributed by atoms with Crippen molar-refractivity contribution in [2.75, 3.05) is 27.9 Å². The van der Waals surface area contributed by atoms with Crippen molar-refractivity contribution in [3.63, 3.8) is 0 Å². The zero-order valence-corrected chi connectivity index (χ0v) is 19.2. The number of hydrogen-bond donors (Lipinski definition) is 1. The number of rotatable bonds is 6. The Balaban J connectivity index is 1.76. The van der Waals surface area contributed by atoms with E-state index in [2.05, 4.69) is 0 Å². The number of aliphatic hydroxyl groups is 1. The predicted molar refractivity (Wildman–Crippen MR) is 122 cm³/mol. The summed E-state index contributed by atoms with van der Waals surface area (Å²) < 4.78 is 16.7. The van der Waals surface area contributed by atoms with Gasteiger partial charge in [-0.2, -0.15) is 0 Å². The van der Waals surface area contributed by atoms with Gasteiger partial charge in [-0.3, -0.25) is 4.79 Å². The Kier molecular flexibility index (Phi) is 6.60. The SMILES string of the molecule is COc1cc(C2C3CCCCC3(O)CCN2C(=O)Cc2ccccc2)cc(OC)c1OC. The van der Waals surface area contributed by atoms with E-state index in [9.17, 15) is 9.90 Å². The predicted octanol–water partition coefficient (Wildman–Crippen LogP) is 4.15. The van der Waals surface area contributed by atoms with Gasteiger partial charge in [0.15, 0.2) is 11.5 Å². The minimum atomic E-state index is -0.757. The average molecular weight is 440 g/mol. The van der Waals surface area contributed by atoms with Crippen molar-refractivity contribution in [2.45, 2.75) is 50.2 Å². The molecule has 3 atom stereocenters. The highest BCUT2D eigenvalue weighted by Gasteiger charge is 2.50. The van der Waals surface area contributed by atoms with Crippen LogP contribution in [0.1, 0.15) is 49.3 Å². The fourth-order valence-corrected chi connectivity index (χ4v) is 5.52. The van der Waals surface area contributed by atoms with Gasteiger partial charge >= 0.3 is 0 Å². The van der Waals surface area contributed by atoms with Gasteiger partial charge in [0.2, 0.25) is 11.7 Å². The molecule has 172 valence electrons. The number of ether oxygens (including phenoxy) is 3. The number of methoxy groups -OCH3 is 3. The minimum Gasteiger partial charge on any atom is -0.493 e. The lowest BCUT2D eigenvalue weighted by atomic mass is 9.66. The fourth-order valence-electron chi connectivity index (χ4n) is 5.52.